The van der Waals surface area contributed by atoms with Crippen molar-refractivity contribution < 1.29 is 9.53 Å². The third kappa shape index (κ3) is 7.26. The van der Waals surface area contributed by atoms with E-state index in [9.17, 15) is 4.79 Å². The topological polar surface area (TPSA) is 41.6 Å². The molecule has 2 aromatic rings. The number of hydrogen-bond donors (Lipinski definition) is 1. The van der Waals surface area contributed by atoms with Crippen LogP contribution in [0.1, 0.15) is 18.1 Å². The Hall–Kier alpha value is -3.21. The quantitative estimate of drug-likeness (QED) is 0.691. The van der Waals surface area contributed by atoms with E-state index in [2.05, 4.69) is 29.1 Å². The van der Waals surface area contributed by atoms with Gasteiger partial charge in [0.05, 0.1) is 19.7 Å². The number of amides is 1. The van der Waals surface area contributed by atoms with Crippen LogP contribution in [0, 0.1) is 23.7 Å². The molecule has 0 aliphatic rings. The van der Waals surface area contributed by atoms with Crippen LogP contribution in [0.2, 0.25) is 0 Å². The SMILES string of the molecule is CCOC(=O)NN(CC#Cc1ccccc1)CC#Cc1ccccc1. The predicted molar refractivity (Wildman–Crippen MR) is 98.4 cm³/mol. The fourth-order valence-corrected chi connectivity index (χ4v) is 1.94. The molecule has 0 radical (unpaired) electrons. The Balaban J connectivity index is 1.99. The monoisotopic (exact) mass is 332 g/mol. The molecule has 0 fully saturated rings. The third-order valence-electron chi connectivity index (χ3n) is 3.08. The predicted octanol–water partition coefficient (Wildman–Crippen LogP) is 3.05. The molecule has 126 valence electrons. The molecule has 2 rings (SSSR count). The number of carbonyl (C=O) groups excluding carboxylic acids is 1. The van der Waals surface area contributed by atoms with Gasteiger partial charge in [-0.05, 0) is 31.2 Å². The largest absolute Gasteiger partial charge is 0.449 e. The molecule has 0 saturated heterocycles. The first kappa shape index (κ1) is 18.1. The Morgan fingerprint density at radius 2 is 1.40 bits per heavy atom. The van der Waals surface area contributed by atoms with Crippen molar-refractivity contribution in [3.8, 4) is 23.7 Å². The van der Waals surface area contributed by atoms with Gasteiger partial charge in [-0.25, -0.2) is 4.79 Å². The van der Waals surface area contributed by atoms with E-state index in [4.69, 9.17) is 4.74 Å². The number of hydrogen-bond acceptors (Lipinski definition) is 3. The van der Waals surface area contributed by atoms with E-state index in [-0.39, 0.29) is 0 Å². The van der Waals surface area contributed by atoms with Crippen LogP contribution in [0.25, 0.3) is 0 Å². The van der Waals surface area contributed by atoms with Gasteiger partial charge in [0.2, 0.25) is 0 Å². The van der Waals surface area contributed by atoms with E-state index < -0.39 is 6.09 Å². The summed E-state index contributed by atoms with van der Waals surface area (Å²) in [4.78, 5) is 11.6. The number of nitrogens with zero attached hydrogens (tertiary/aromatic N) is 1. The zero-order valence-electron chi connectivity index (χ0n) is 14.2. The fraction of sp³-hybridized carbons (Fsp3) is 0.190. The summed E-state index contributed by atoms with van der Waals surface area (Å²) in [7, 11) is 0. The van der Waals surface area contributed by atoms with Crippen molar-refractivity contribution in [3.63, 3.8) is 0 Å². The van der Waals surface area contributed by atoms with Crippen LogP contribution in [0.4, 0.5) is 4.79 Å². The summed E-state index contributed by atoms with van der Waals surface area (Å²) in [5.74, 6) is 12.2. The van der Waals surface area contributed by atoms with E-state index in [0.717, 1.165) is 11.1 Å². The Kier molecular flexibility index (Phi) is 7.65. The van der Waals surface area contributed by atoms with Gasteiger partial charge >= 0.3 is 6.09 Å². The van der Waals surface area contributed by atoms with Crippen molar-refractivity contribution in [2.24, 2.45) is 0 Å². The number of rotatable bonds is 4. The summed E-state index contributed by atoms with van der Waals surface area (Å²) in [6.45, 7) is 2.76. The van der Waals surface area contributed by atoms with Crippen LogP contribution >= 0.6 is 0 Å². The molecule has 1 N–H and O–H groups in total. The normalized spacial score (nSPS) is 9.36. The van der Waals surface area contributed by atoms with Crippen LogP contribution in [0.15, 0.2) is 60.7 Å². The van der Waals surface area contributed by atoms with Crippen molar-refractivity contribution in [3.05, 3.63) is 71.8 Å². The first-order chi connectivity index (χ1) is 12.3. The molecule has 4 nitrogen and oxygen atoms in total. The number of carbonyl (C=O) groups is 1. The summed E-state index contributed by atoms with van der Waals surface area (Å²) in [5.41, 5.74) is 4.51. The lowest BCUT2D eigenvalue weighted by atomic mass is 10.2. The van der Waals surface area contributed by atoms with Gasteiger partial charge < -0.3 is 4.74 Å². The zero-order valence-corrected chi connectivity index (χ0v) is 14.2. The molecular formula is C21H20N2O2. The second-order valence-electron chi connectivity index (χ2n) is 5.02. The molecule has 1 amide bonds. The Labute approximate surface area is 148 Å². The molecule has 0 unspecified atom stereocenters. The highest BCUT2D eigenvalue weighted by molar-refractivity contribution is 5.66. The molecule has 0 aliphatic carbocycles. The molecule has 4 heteroatoms. The van der Waals surface area contributed by atoms with Gasteiger partial charge in [-0.3, -0.25) is 5.43 Å². The Bertz CT molecular complexity index is 721. The zero-order chi connectivity index (χ0) is 17.7. The Morgan fingerprint density at radius 1 is 0.920 bits per heavy atom. The van der Waals surface area contributed by atoms with Gasteiger partial charge in [-0.2, -0.15) is 5.01 Å². The molecular weight excluding hydrogens is 312 g/mol. The number of hydrazine groups is 1. The molecule has 0 aromatic heterocycles. The van der Waals surface area contributed by atoms with Crippen LogP contribution in [-0.2, 0) is 4.74 Å². The van der Waals surface area contributed by atoms with E-state index >= 15 is 0 Å². The lowest BCUT2D eigenvalue weighted by Gasteiger charge is -2.17. The Morgan fingerprint density at radius 3 is 1.84 bits per heavy atom. The lowest BCUT2D eigenvalue weighted by molar-refractivity contribution is 0.120. The summed E-state index contributed by atoms with van der Waals surface area (Å²) in [5, 5.41) is 1.63. The van der Waals surface area contributed by atoms with Crippen LogP contribution < -0.4 is 5.43 Å². The smallest absolute Gasteiger partial charge is 0.421 e. The molecule has 0 heterocycles. The average molecular weight is 332 g/mol. The van der Waals surface area contributed by atoms with Crippen molar-refractivity contribution >= 4 is 6.09 Å². The van der Waals surface area contributed by atoms with Gasteiger partial charge in [-0.1, -0.05) is 60.1 Å². The van der Waals surface area contributed by atoms with E-state index in [1.807, 2.05) is 60.7 Å². The highest BCUT2D eigenvalue weighted by Crippen LogP contribution is 1.96. The maximum Gasteiger partial charge on any atom is 0.421 e. The highest BCUT2D eigenvalue weighted by Gasteiger charge is 2.06. The highest BCUT2D eigenvalue weighted by atomic mass is 16.6. The van der Waals surface area contributed by atoms with E-state index in [1.165, 1.54) is 0 Å². The van der Waals surface area contributed by atoms with Gasteiger partial charge in [0, 0.05) is 11.1 Å². The minimum Gasteiger partial charge on any atom is -0.449 e. The maximum absolute atomic E-state index is 11.6. The first-order valence-electron chi connectivity index (χ1n) is 8.04. The van der Waals surface area contributed by atoms with Crippen molar-refractivity contribution in [1.82, 2.24) is 10.4 Å². The van der Waals surface area contributed by atoms with Crippen LogP contribution in [0.3, 0.4) is 0 Å². The van der Waals surface area contributed by atoms with Gasteiger partial charge in [0.25, 0.3) is 0 Å². The molecule has 0 saturated carbocycles. The van der Waals surface area contributed by atoms with Gasteiger partial charge in [0.15, 0.2) is 0 Å². The minimum absolute atomic E-state index is 0.311. The van der Waals surface area contributed by atoms with Gasteiger partial charge in [0.1, 0.15) is 0 Å². The average Bonchev–Trinajstić information content (AvgIpc) is 2.63. The summed E-state index contributed by atoms with van der Waals surface area (Å²) < 4.78 is 4.91. The van der Waals surface area contributed by atoms with Crippen molar-refractivity contribution in [1.29, 1.82) is 0 Å². The number of nitrogens with one attached hydrogen (secondary N) is 1. The van der Waals surface area contributed by atoms with E-state index in [0.29, 0.717) is 19.7 Å². The lowest BCUT2D eigenvalue weighted by Crippen LogP contribution is -2.43. The molecule has 0 bridgehead atoms. The summed E-state index contributed by atoms with van der Waals surface area (Å²) in [6.07, 6.45) is -0.509. The van der Waals surface area contributed by atoms with Crippen molar-refractivity contribution in [2.75, 3.05) is 19.7 Å². The summed E-state index contributed by atoms with van der Waals surface area (Å²) >= 11 is 0. The molecule has 0 spiro atoms. The third-order valence-corrected chi connectivity index (χ3v) is 3.08. The van der Waals surface area contributed by atoms with E-state index in [1.54, 1.807) is 11.9 Å². The second-order valence-corrected chi connectivity index (χ2v) is 5.02. The van der Waals surface area contributed by atoms with Crippen molar-refractivity contribution in [2.45, 2.75) is 6.92 Å². The minimum atomic E-state index is -0.509. The molecule has 2 aromatic carbocycles. The van der Waals surface area contributed by atoms with Gasteiger partial charge in [-0.15, -0.1) is 0 Å². The number of ether oxygens (including phenoxy) is 1. The standard InChI is InChI=1S/C21H20N2O2/c1-2-25-21(24)22-23(17-9-15-19-11-5-3-6-12-19)18-10-16-20-13-7-4-8-14-20/h3-8,11-14H,2,17-18H2,1H3,(H,22,24). The van der Waals surface area contributed by atoms with Crippen LogP contribution in [0.5, 0.6) is 0 Å². The molecule has 0 aliphatic heterocycles. The molecule has 25 heavy (non-hydrogen) atoms. The first-order valence-corrected chi connectivity index (χ1v) is 8.04. The second kappa shape index (κ2) is 10.5. The fourth-order valence-electron chi connectivity index (χ4n) is 1.94. The summed E-state index contributed by atoms with van der Waals surface area (Å²) in [6, 6.07) is 19.4. The molecule has 0 atom stereocenters. The maximum atomic E-state index is 11.6. The number of benzene rings is 2. The van der Waals surface area contributed by atoms with Crippen LogP contribution in [-0.4, -0.2) is 30.8 Å².